The largest absolute Gasteiger partial charge is 0.435 e. The van der Waals surface area contributed by atoms with Gasteiger partial charge in [-0.1, -0.05) is 36.4 Å². The van der Waals surface area contributed by atoms with Gasteiger partial charge < -0.3 is 0 Å². The maximum atomic E-state index is 14.1. The van der Waals surface area contributed by atoms with Gasteiger partial charge in [0.15, 0.2) is 5.69 Å². The van der Waals surface area contributed by atoms with Crippen LogP contribution >= 0.6 is 0 Å². The fourth-order valence-corrected chi connectivity index (χ4v) is 3.21. The molecule has 0 bridgehead atoms. The van der Waals surface area contributed by atoms with E-state index in [1.807, 2.05) is 0 Å². The highest BCUT2D eigenvalue weighted by Gasteiger charge is 2.39. The van der Waals surface area contributed by atoms with E-state index < -0.39 is 33.9 Å². The molecule has 4 rings (SSSR count). The summed E-state index contributed by atoms with van der Waals surface area (Å²) in [5, 5.41) is 15.9. The van der Waals surface area contributed by atoms with Gasteiger partial charge in [-0.15, -0.1) is 0 Å². The molecule has 9 heteroatoms. The van der Waals surface area contributed by atoms with Gasteiger partial charge in [0, 0.05) is 11.8 Å². The van der Waals surface area contributed by atoms with Crippen LogP contribution in [-0.4, -0.2) is 14.7 Å². The van der Waals surface area contributed by atoms with E-state index >= 15 is 0 Å². The minimum atomic E-state index is -4.90. The van der Waals surface area contributed by atoms with Crippen molar-refractivity contribution >= 4 is 16.5 Å². The Bertz CT molecular complexity index is 1250. The van der Waals surface area contributed by atoms with Crippen LogP contribution in [0.15, 0.2) is 66.9 Å². The summed E-state index contributed by atoms with van der Waals surface area (Å²) in [6, 6.07) is 14.3. The fourth-order valence-electron chi connectivity index (χ4n) is 3.21. The van der Waals surface area contributed by atoms with Crippen molar-refractivity contribution in [3.8, 4) is 16.8 Å². The van der Waals surface area contributed by atoms with E-state index in [1.54, 1.807) is 18.2 Å². The number of fused-ring (bicyclic) bond motifs is 1. The average Bonchev–Trinajstić information content (AvgIpc) is 3.12. The van der Waals surface area contributed by atoms with Crippen molar-refractivity contribution in [2.45, 2.75) is 6.18 Å². The summed E-state index contributed by atoms with van der Waals surface area (Å²) in [4.78, 5) is 11.0. The van der Waals surface area contributed by atoms with Crippen LogP contribution < -0.4 is 0 Å². The maximum absolute atomic E-state index is 14.1. The van der Waals surface area contributed by atoms with Crippen LogP contribution in [0.5, 0.6) is 0 Å². The summed E-state index contributed by atoms with van der Waals surface area (Å²) in [5.74, 6) is -0.775. The van der Waals surface area contributed by atoms with Gasteiger partial charge in [0.05, 0.1) is 15.9 Å². The Labute approximate surface area is 161 Å². The van der Waals surface area contributed by atoms with Gasteiger partial charge in [-0.05, 0) is 29.7 Å². The number of halogens is 4. The van der Waals surface area contributed by atoms with Crippen LogP contribution in [0.2, 0.25) is 0 Å². The van der Waals surface area contributed by atoms with Crippen molar-refractivity contribution in [3.63, 3.8) is 0 Å². The van der Waals surface area contributed by atoms with Gasteiger partial charge in [0.1, 0.15) is 11.5 Å². The molecule has 0 amide bonds. The molecule has 0 fully saturated rings. The first-order valence-corrected chi connectivity index (χ1v) is 8.35. The molecule has 1 aromatic heterocycles. The second-order valence-corrected chi connectivity index (χ2v) is 6.23. The first-order chi connectivity index (χ1) is 13.8. The van der Waals surface area contributed by atoms with E-state index in [4.69, 9.17) is 0 Å². The third kappa shape index (κ3) is 3.20. The molecule has 0 unspecified atom stereocenters. The highest BCUT2D eigenvalue weighted by Crippen LogP contribution is 2.42. The summed E-state index contributed by atoms with van der Waals surface area (Å²) in [6.45, 7) is 0. The minimum Gasteiger partial charge on any atom is -0.258 e. The maximum Gasteiger partial charge on any atom is 0.435 e. The van der Waals surface area contributed by atoms with Gasteiger partial charge >= 0.3 is 6.18 Å². The third-order valence-electron chi connectivity index (χ3n) is 4.46. The summed E-state index contributed by atoms with van der Waals surface area (Å²) in [7, 11) is 0. The number of nitrogens with zero attached hydrogens (tertiary/aromatic N) is 3. The van der Waals surface area contributed by atoms with Crippen molar-refractivity contribution in [1.29, 1.82) is 0 Å². The number of para-hydroxylation sites is 1. The Kier molecular flexibility index (Phi) is 4.30. The lowest BCUT2D eigenvalue weighted by Crippen LogP contribution is -2.09. The second-order valence-electron chi connectivity index (χ2n) is 6.23. The zero-order chi connectivity index (χ0) is 20.8. The molecular weight excluding hydrogens is 390 g/mol. The predicted molar refractivity (Wildman–Crippen MR) is 98.1 cm³/mol. The monoisotopic (exact) mass is 401 g/mol. The van der Waals surface area contributed by atoms with E-state index in [0.717, 1.165) is 16.9 Å². The Balaban J connectivity index is 2.04. The van der Waals surface area contributed by atoms with Crippen molar-refractivity contribution in [2.24, 2.45) is 0 Å². The van der Waals surface area contributed by atoms with E-state index in [-0.39, 0.29) is 16.6 Å². The molecule has 0 radical (unpaired) electrons. The fraction of sp³-hybridized carbons (Fsp3) is 0.0500. The molecule has 0 saturated carbocycles. The molecule has 0 aliphatic carbocycles. The van der Waals surface area contributed by atoms with Gasteiger partial charge in [-0.25, -0.2) is 9.07 Å². The normalized spacial score (nSPS) is 11.7. The Morgan fingerprint density at radius 3 is 2.31 bits per heavy atom. The van der Waals surface area contributed by atoms with E-state index in [1.165, 1.54) is 36.4 Å². The molecule has 0 aliphatic rings. The molecule has 146 valence electrons. The summed E-state index contributed by atoms with van der Waals surface area (Å²) in [6.07, 6.45) is -3.94. The first-order valence-electron chi connectivity index (χ1n) is 8.35. The standard InChI is InChI=1S/C20H11F4N3O2/c21-16-7-3-4-8-17(16)26-11-15(19(25-26)20(22,23)24)14-10-9-12-5-1-2-6-13(12)18(14)27(28)29/h1-11H. The van der Waals surface area contributed by atoms with Crippen molar-refractivity contribution in [3.05, 3.63) is 88.5 Å². The minimum absolute atomic E-state index is 0.196. The Morgan fingerprint density at radius 1 is 0.931 bits per heavy atom. The first kappa shape index (κ1) is 18.6. The quantitative estimate of drug-likeness (QED) is 0.249. The Hall–Kier alpha value is -3.75. The molecule has 0 atom stereocenters. The lowest BCUT2D eigenvalue weighted by atomic mass is 9.98. The molecule has 0 saturated heterocycles. The SMILES string of the molecule is O=[N+]([O-])c1c(-c2cn(-c3ccccc3F)nc2C(F)(F)F)ccc2ccccc12. The highest BCUT2D eigenvalue weighted by atomic mass is 19.4. The van der Waals surface area contributed by atoms with Crippen molar-refractivity contribution < 1.29 is 22.5 Å². The topological polar surface area (TPSA) is 61.0 Å². The zero-order valence-electron chi connectivity index (χ0n) is 14.5. The molecule has 3 aromatic carbocycles. The summed E-state index contributed by atoms with van der Waals surface area (Å²) < 4.78 is 55.8. The molecule has 5 nitrogen and oxygen atoms in total. The number of hydrogen-bond acceptors (Lipinski definition) is 3. The molecule has 0 aliphatic heterocycles. The molecule has 29 heavy (non-hydrogen) atoms. The van der Waals surface area contributed by atoms with Crippen LogP contribution in [0, 0.1) is 15.9 Å². The molecule has 0 N–H and O–H groups in total. The van der Waals surface area contributed by atoms with Crippen LogP contribution in [-0.2, 0) is 6.18 Å². The second kappa shape index (κ2) is 6.69. The smallest absolute Gasteiger partial charge is 0.258 e. The number of benzene rings is 3. The van der Waals surface area contributed by atoms with Gasteiger partial charge in [-0.3, -0.25) is 10.1 Å². The van der Waals surface area contributed by atoms with Crippen LogP contribution in [0.4, 0.5) is 23.2 Å². The zero-order valence-corrected chi connectivity index (χ0v) is 14.5. The average molecular weight is 401 g/mol. The molecular formula is C20H11F4N3O2. The highest BCUT2D eigenvalue weighted by molar-refractivity contribution is 5.98. The van der Waals surface area contributed by atoms with E-state index in [2.05, 4.69) is 5.10 Å². The van der Waals surface area contributed by atoms with E-state index in [0.29, 0.717) is 5.39 Å². The van der Waals surface area contributed by atoms with Crippen LogP contribution in [0.3, 0.4) is 0 Å². The van der Waals surface area contributed by atoms with E-state index in [9.17, 15) is 27.7 Å². The van der Waals surface area contributed by atoms with Crippen LogP contribution in [0.1, 0.15) is 5.69 Å². The van der Waals surface area contributed by atoms with Gasteiger partial charge in [-0.2, -0.15) is 18.3 Å². The number of aromatic nitrogens is 2. The number of rotatable bonds is 3. The van der Waals surface area contributed by atoms with Crippen molar-refractivity contribution in [1.82, 2.24) is 9.78 Å². The van der Waals surface area contributed by atoms with Gasteiger partial charge in [0.2, 0.25) is 0 Å². The van der Waals surface area contributed by atoms with Crippen LogP contribution in [0.25, 0.3) is 27.6 Å². The molecule has 1 heterocycles. The summed E-state index contributed by atoms with van der Waals surface area (Å²) in [5.41, 5.74) is -2.75. The van der Waals surface area contributed by atoms with Crippen molar-refractivity contribution in [2.75, 3.05) is 0 Å². The third-order valence-corrected chi connectivity index (χ3v) is 4.46. The number of hydrogen-bond donors (Lipinski definition) is 0. The summed E-state index contributed by atoms with van der Waals surface area (Å²) >= 11 is 0. The molecule has 0 spiro atoms. The number of nitro groups is 1. The van der Waals surface area contributed by atoms with Gasteiger partial charge in [0.25, 0.3) is 5.69 Å². The predicted octanol–water partition coefficient (Wildman–Crippen LogP) is 5.76. The Morgan fingerprint density at radius 2 is 1.62 bits per heavy atom. The lowest BCUT2D eigenvalue weighted by molar-refractivity contribution is -0.382. The molecule has 4 aromatic rings. The lowest BCUT2D eigenvalue weighted by Gasteiger charge is -2.08. The number of alkyl halides is 3. The number of nitro benzene ring substituents is 1.